The van der Waals surface area contributed by atoms with E-state index in [-0.39, 0.29) is 22.8 Å². The summed E-state index contributed by atoms with van der Waals surface area (Å²) < 4.78 is 2.06. The molecule has 0 saturated carbocycles. The highest BCUT2D eigenvalue weighted by Crippen LogP contribution is 2.42. The van der Waals surface area contributed by atoms with Crippen molar-refractivity contribution in [1.29, 1.82) is 0 Å². The molecule has 1 N–H and O–H groups in total. The predicted molar refractivity (Wildman–Crippen MR) is 113 cm³/mol. The van der Waals surface area contributed by atoms with E-state index in [0.717, 1.165) is 25.4 Å². The fourth-order valence-electron chi connectivity index (χ4n) is 3.24. The molecule has 3 aromatic rings. The lowest BCUT2D eigenvalue weighted by atomic mass is 9.98. The van der Waals surface area contributed by atoms with E-state index in [1.54, 1.807) is 29.6 Å². The van der Waals surface area contributed by atoms with Crippen molar-refractivity contribution in [2.24, 2.45) is 5.92 Å². The van der Waals surface area contributed by atoms with Crippen molar-refractivity contribution in [3.8, 4) is 0 Å². The van der Waals surface area contributed by atoms with Gasteiger partial charge in [-0.15, -0.1) is 23.1 Å². The lowest BCUT2D eigenvalue weighted by Gasteiger charge is -2.13. The zero-order valence-electron chi connectivity index (χ0n) is 14.4. The summed E-state index contributed by atoms with van der Waals surface area (Å²) in [5, 5.41) is 15.3. The SMILES string of the molecule is Cc1nc2c(ccc3nc(NC(=O)C4=C[C@@H]5C=C([N+](=O)[O-])C=C[C@@H]5S4)sc32)s1. The van der Waals surface area contributed by atoms with Crippen LogP contribution in [-0.2, 0) is 4.79 Å². The zero-order chi connectivity index (χ0) is 19.4. The zero-order valence-corrected chi connectivity index (χ0v) is 16.9. The van der Waals surface area contributed by atoms with Crippen LogP contribution in [0.5, 0.6) is 0 Å². The van der Waals surface area contributed by atoms with E-state index in [1.807, 2.05) is 19.1 Å². The molecule has 0 radical (unpaired) electrons. The van der Waals surface area contributed by atoms with Gasteiger partial charge in [0.25, 0.3) is 11.6 Å². The Labute approximate surface area is 171 Å². The summed E-state index contributed by atoms with van der Waals surface area (Å²) in [6.45, 7) is 1.97. The smallest absolute Gasteiger partial charge is 0.265 e. The molecule has 0 unspecified atom stereocenters. The van der Waals surface area contributed by atoms with Crippen molar-refractivity contribution in [3.63, 3.8) is 0 Å². The minimum absolute atomic E-state index is 0.0115. The number of carbonyl (C=O) groups is 1. The molecule has 5 rings (SSSR count). The van der Waals surface area contributed by atoms with E-state index in [1.165, 1.54) is 29.2 Å². The van der Waals surface area contributed by atoms with Crippen molar-refractivity contribution in [2.45, 2.75) is 12.2 Å². The highest BCUT2D eigenvalue weighted by atomic mass is 32.2. The van der Waals surface area contributed by atoms with Gasteiger partial charge in [-0.3, -0.25) is 20.2 Å². The standard InChI is InChI=1S/C18H12N4O3S3/c1-8-19-15-13(26-8)5-3-11-16(15)28-18(20-11)21-17(23)14-7-9-6-10(22(24)25)2-4-12(9)27-14/h2-7,9,12H,1H3,(H,20,21,23)/t9-,12-/m0/s1. The van der Waals surface area contributed by atoms with Crippen LogP contribution in [0.2, 0.25) is 0 Å². The maximum atomic E-state index is 12.7. The molecule has 3 heterocycles. The Morgan fingerprint density at radius 2 is 2.11 bits per heavy atom. The number of nitro groups is 1. The molecule has 2 aromatic heterocycles. The number of aromatic nitrogens is 2. The van der Waals surface area contributed by atoms with Crippen LogP contribution >= 0.6 is 34.4 Å². The Bertz CT molecular complexity index is 1250. The van der Waals surface area contributed by atoms with Gasteiger partial charge in [-0.1, -0.05) is 23.5 Å². The highest BCUT2D eigenvalue weighted by molar-refractivity contribution is 8.05. The highest BCUT2D eigenvalue weighted by Gasteiger charge is 2.33. The Morgan fingerprint density at radius 3 is 2.93 bits per heavy atom. The number of thiazole rings is 2. The van der Waals surface area contributed by atoms with Gasteiger partial charge < -0.3 is 0 Å². The third kappa shape index (κ3) is 2.93. The molecule has 0 fully saturated rings. The quantitative estimate of drug-likeness (QED) is 0.487. The summed E-state index contributed by atoms with van der Waals surface area (Å²) in [4.78, 5) is 32.9. The van der Waals surface area contributed by atoms with Crippen LogP contribution in [0.4, 0.5) is 5.13 Å². The van der Waals surface area contributed by atoms with Gasteiger partial charge in [-0.05, 0) is 19.1 Å². The minimum Gasteiger partial charge on any atom is -0.297 e. The van der Waals surface area contributed by atoms with Crippen LogP contribution in [0.3, 0.4) is 0 Å². The Morgan fingerprint density at radius 1 is 1.25 bits per heavy atom. The molecular formula is C18H12N4O3S3. The van der Waals surface area contributed by atoms with E-state index in [9.17, 15) is 14.9 Å². The topological polar surface area (TPSA) is 98.0 Å². The number of nitrogens with one attached hydrogen (secondary N) is 1. The lowest BCUT2D eigenvalue weighted by Crippen LogP contribution is -2.13. The Balaban J connectivity index is 1.40. The number of allylic oxidation sites excluding steroid dienone is 3. The molecular weight excluding hydrogens is 416 g/mol. The van der Waals surface area contributed by atoms with Crippen LogP contribution in [0.25, 0.3) is 20.4 Å². The number of anilines is 1. The van der Waals surface area contributed by atoms with Gasteiger partial charge in [-0.25, -0.2) is 9.97 Å². The van der Waals surface area contributed by atoms with Crippen molar-refractivity contribution in [1.82, 2.24) is 9.97 Å². The number of hydrogen-bond acceptors (Lipinski definition) is 8. The van der Waals surface area contributed by atoms with E-state index >= 15 is 0 Å². The minimum atomic E-state index is -0.411. The number of carbonyl (C=O) groups excluding carboxylic acids is 1. The number of hydrogen-bond donors (Lipinski definition) is 1. The van der Waals surface area contributed by atoms with Gasteiger partial charge in [0.15, 0.2) is 5.13 Å². The fourth-order valence-corrected chi connectivity index (χ4v) is 6.25. The predicted octanol–water partition coefficient (Wildman–Crippen LogP) is 4.50. The summed E-state index contributed by atoms with van der Waals surface area (Å²) in [6.07, 6.45) is 6.66. The third-order valence-electron chi connectivity index (χ3n) is 4.48. The molecule has 1 aliphatic heterocycles. The molecule has 0 spiro atoms. The molecule has 140 valence electrons. The molecule has 7 nitrogen and oxygen atoms in total. The van der Waals surface area contributed by atoms with Crippen molar-refractivity contribution >= 4 is 65.9 Å². The first kappa shape index (κ1) is 17.5. The van der Waals surface area contributed by atoms with Crippen LogP contribution in [0, 0.1) is 23.0 Å². The van der Waals surface area contributed by atoms with Crippen LogP contribution in [0.1, 0.15) is 5.01 Å². The summed E-state index contributed by atoms with van der Waals surface area (Å²) in [6, 6.07) is 3.94. The lowest BCUT2D eigenvalue weighted by molar-refractivity contribution is -0.419. The second kappa shape index (κ2) is 6.50. The number of fused-ring (bicyclic) bond motifs is 4. The number of rotatable bonds is 3. The summed E-state index contributed by atoms with van der Waals surface area (Å²) in [7, 11) is 0. The third-order valence-corrected chi connectivity index (χ3v) is 7.73. The summed E-state index contributed by atoms with van der Waals surface area (Å²) >= 11 is 4.45. The summed E-state index contributed by atoms with van der Waals surface area (Å²) in [5.74, 6) is -0.391. The van der Waals surface area contributed by atoms with E-state index in [2.05, 4.69) is 15.3 Å². The van der Waals surface area contributed by atoms with Crippen LogP contribution in [-0.4, -0.2) is 26.0 Å². The molecule has 1 aromatic carbocycles. The van der Waals surface area contributed by atoms with Crippen LogP contribution < -0.4 is 5.32 Å². The molecule has 0 saturated heterocycles. The maximum Gasteiger partial charge on any atom is 0.265 e. The summed E-state index contributed by atoms with van der Waals surface area (Å²) in [5.41, 5.74) is 1.79. The number of thioether (sulfide) groups is 1. The molecule has 10 heteroatoms. The molecule has 0 bridgehead atoms. The number of nitrogens with zero attached hydrogens (tertiary/aromatic N) is 3. The average Bonchev–Trinajstić information content (AvgIpc) is 3.35. The molecule has 2 atom stereocenters. The first-order valence-electron chi connectivity index (χ1n) is 8.39. The van der Waals surface area contributed by atoms with Crippen LogP contribution in [0.15, 0.2) is 47.0 Å². The molecule has 28 heavy (non-hydrogen) atoms. The van der Waals surface area contributed by atoms with Gasteiger partial charge in [0.1, 0.15) is 5.52 Å². The van der Waals surface area contributed by atoms with E-state index < -0.39 is 4.92 Å². The monoisotopic (exact) mass is 428 g/mol. The largest absolute Gasteiger partial charge is 0.297 e. The van der Waals surface area contributed by atoms with Gasteiger partial charge >= 0.3 is 0 Å². The first-order valence-corrected chi connectivity index (χ1v) is 10.9. The maximum absolute atomic E-state index is 12.7. The van der Waals surface area contributed by atoms with E-state index in [0.29, 0.717) is 10.0 Å². The average molecular weight is 429 g/mol. The van der Waals surface area contributed by atoms with Gasteiger partial charge in [0.2, 0.25) is 0 Å². The fraction of sp³-hybridized carbons (Fsp3) is 0.167. The van der Waals surface area contributed by atoms with Crippen molar-refractivity contribution < 1.29 is 9.72 Å². The number of aryl methyl sites for hydroxylation is 1. The second-order valence-corrected chi connectivity index (χ2v) is 9.82. The molecule has 2 aliphatic rings. The second-order valence-electron chi connectivity index (χ2n) is 6.37. The Kier molecular flexibility index (Phi) is 4.07. The van der Waals surface area contributed by atoms with Gasteiger partial charge in [0, 0.05) is 23.3 Å². The molecule has 1 aliphatic carbocycles. The van der Waals surface area contributed by atoms with Gasteiger partial charge in [-0.2, -0.15) is 0 Å². The number of benzene rings is 1. The van der Waals surface area contributed by atoms with Gasteiger partial charge in [0.05, 0.1) is 29.8 Å². The Hall–Kier alpha value is -2.56. The molecule has 1 amide bonds. The number of amides is 1. The van der Waals surface area contributed by atoms with Crippen molar-refractivity contribution in [2.75, 3.05) is 5.32 Å². The van der Waals surface area contributed by atoms with E-state index in [4.69, 9.17) is 0 Å². The normalized spacial score (nSPS) is 20.9. The van der Waals surface area contributed by atoms with Crippen molar-refractivity contribution in [3.05, 3.63) is 62.2 Å². The first-order chi connectivity index (χ1) is 13.5.